The van der Waals surface area contributed by atoms with Crippen LogP contribution in [-0.2, 0) is 14.3 Å². The number of amides is 2. The first kappa shape index (κ1) is 26.9. The topological polar surface area (TPSA) is 109 Å². The normalized spacial score (nSPS) is 20.2. The fourth-order valence-corrected chi connectivity index (χ4v) is 5.38. The van der Waals surface area contributed by atoms with Crippen molar-refractivity contribution in [1.82, 2.24) is 25.5 Å². The Morgan fingerprint density at radius 1 is 1.08 bits per heavy atom. The maximum absolute atomic E-state index is 13.4. The summed E-state index contributed by atoms with van der Waals surface area (Å²) in [6, 6.07) is 16.5. The fraction of sp³-hybridized carbons (Fsp3) is 0.433. The van der Waals surface area contributed by atoms with E-state index in [1.54, 1.807) is 0 Å². The molecule has 2 saturated heterocycles. The van der Waals surface area contributed by atoms with Crippen molar-refractivity contribution >= 4 is 12.0 Å². The first-order valence-electron chi connectivity index (χ1n) is 13.7. The van der Waals surface area contributed by atoms with Gasteiger partial charge in [0.2, 0.25) is 5.91 Å². The van der Waals surface area contributed by atoms with Crippen molar-refractivity contribution in [1.29, 1.82) is 0 Å². The van der Waals surface area contributed by atoms with Crippen molar-refractivity contribution in [3.63, 3.8) is 0 Å². The van der Waals surface area contributed by atoms with Gasteiger partial charge >= 0.3 is 6.09 Å². The zero-order chi connectivity index (χ0) is 27.4. The number of H-pyrrole nitrogens is 1. The monoisotopic (exact) mass is 531 g/mol. The maximum Gasteiger partial charge on any atom is 0.407 e. The van der Waals surface area contributed by atoms with Crippen LogP contribution in [0.3, 0.4) is 0 Å². The molecule has 206 valence electrons. The number of carbonyl (C=O) groups excluding carboxylic acids is 2. The van der Waals surface area contributed by atoms with Crippen molar-refractivity contribution in [2.45, 2.75) is 44.8 Å². The summed E-state index contributed by atoms with van der Waals surface area (Å²) < 4.78 is 10.3. The molecule has 2 aromatic carbocycles. The largest absolute Gasteiger partial charge is 0.453 e. The smallest absolute Gasteiger partial charge is 0.407 e. The summed E-state index contributed by atoms with van der Waals surface area (Å²) in [5.74, 6) is 0.576. The van der Waals surface area contributed by atoms with E-state index in [-0.39, 0.29) is 23.9 Å². The molecule has 2 fully saturated rings. The average Bonchev–Trinajstić information content (AvgIpc) is 3.66. The molecule has 9 heteroatoms. The number of ether oxygens (including phenoxy) is 2. The van der Waals surface area contributed by atoms with Crippen LogP contribution in [0.2, 0.25) is 0 Å². The Kier molecular flexibility index (Phi) is 8.28. The van der Waals surface area contributed by atoms with Gasteiger partial charge in [-0.2, -0.15) is 0 Å². The lowest BCUT2D eigenvalue weighted by Crippen LogP contribution is -2.51. The van der Waals surface area contributed by atoms with Gasteiger partial charge in [0.25, 0.3) is 0 Å². The minimum absolute atomic E-state index is 0.0716. The van der Waals surface area contributed by atoms with Crippen LogP contribution in [0.25, 0.3) is 22.4 Å². The van der Waals surface area contributed by atoms with Crippen molar-refractivity contribution in [2.75, 3.05) is 33.4 Å². The number of morpholine rings is 1. The number of aromatic amines is 1. The fourth-order valence-electron chi connectivity index (χ4n) is 5.38. The predicted molar refractivity (Wildman–Crippen MR) is 149 cm³/mol. The number of methoxy groups -OCH3 is 1. The van der Waals surface area contributed by atoms with E-state index in [2.05, 4.69) is 69.1 Å². The second-order valence-electron chi connectivity index (χ2n) is 10.5. The number of nitrogens with one attached hydrogen (secondary N) is 3. The first-order valence-corrected chi connectivity index (χ1v) is 13.7. The van der Waals surface area contributed by atoms with Gasteiger partial charge in [0.05, 0.1) is 44.3 Å². The quantitative estimate of drug-likeness (QED) is 0.416. The summed E-state index contributed by atoms with van der Waals surface area (Å²) >= 11 is 0. The minimum atomic E-state index is -0.652. The third kappa shape index (κ3) is 5.99. The third-order valence-corrected chi connectivity index (χ3v) is 7.60. The molecule has 39 heavy (non-hydrogen) atoms. The number of hydrogen-bond donors (Lipinski definition) is 3. The molecule has 0 aliphatic carbocycles. The van der Waals surface area contributed by atoms with Crippen LogP contribution in [0, 0.1) is 5.92 Å². The molecular formula is C30H37N5O4. The van der Waals surface area contributed by atoms with E-state index in [0.717, 1.165) is 54.2 Å². The van der Waals surface area contributed by atoms with Gasteiger partial charge in [-0.1, -0.05) is 62.4 Å². The second kappa shape index (κ2) is 12.0. The van der Waals surface area contributed by atoms with Gasteiger partial charge in [0.15, 0.2) is 0 Å². The van der Waals surface area contributed by atoms with Gasteiger partial charge in [-0.15, -0.1) is 0 Å². The zero-order valence-electron chi connectivity index (χ0n) is 22.8. The van der Waals surface area contributed by atoms with Crippen LogP contribution < -0.4 is 10.6 Å². The highest BCUT2D eigenvalue weighted by atomic mass is 16.5. The Labute approximate surface area is 229 Å². The van der Waals surface area contributed by atoms with Gasteiger partial charge < -0.3 is 30.0 Å². The maximum atomic E-state index is 13.4. The standard InChI is InChI=1S/C30H37N5O4/c1-19(2)27(34-30(37)38-3)29(36)35-15-4-5-26(35)28-32-17-24(33-28)22-10-6-20(7-11-22)21-8-12-23(13-9-21)25-18-39-16-14-31-25/h6-13,17,19,25-27,31H,4-5,14-16,18H2,1-3H3,(H,32,33)(H,34,37)/t25?,26-,27-/m0/s1. The van der Waals surface area contributed by atoms with Crippen molar-refractivity contribution in [3.8, 4) is 22.4 Å². The van der Waals surface area contributed by atoms with E-state index in [1.165, 1.54) is 12.7 Å². The molecule has 3 heterocycles. The predicted octanol–water partition coefficient (Wildman–Crippen LogP) is 4.45. The van der Waals surface area contributed by atoms with Gasteiger partial charge in [-0.3, -0.25) is 4.79 Å². The van der Waals surface area contributed by atoms with Crippen LogP contribution in [0.5, 0.6) is 0 Å². The van der Waals surface area contributed by atoms with Crippen LogP contribution in [0.4, 0.5) is 4.79 Å². The minimum Gasteiger partial charge on any atom is -0.453 e. The van der Waals surface area contributed by atoms with Gasteiger partial charge in [-0.05, 0) is 41.0 Å². The SMILES string of the molecule is COC(=O)N[C@H](C(=O)N1CCC[C@H]1c1ncc(-c2ccc(-c3ccc(C4COCCN4)cc3)cc2)[nH]1)C(C)C. The molecule has 2 amide bonds. The van der Waals surface area contributed by atoms with E-state index < -0.39 is 12.1 Å². The molecule has 0 radical (unpaired) electrons. The number of carbonyl (C=O) groups is 2. The number of rotatable bonds is 7. The molecule has 0 bridgehead atoms. The van der Waals surface area contributed by atoms with E-state index in [4.69, 9.17) is 9.47 Å². The number of likely N-dealkylation sites (tertiary alicyclic amines) is 1. The molecule has 1 aromatic heterocycles. The van der Waals surface area contributed by atoms with E-state index >= 15 is 0 Å². The van der Waals surface area contributed by atoms with Crippen LogP contribution in [0.1, 0.15) is 50.2 Å². The highest BCUT2D eigenvalue weighted by molar-refractivity contribution is 5.86. The summed E-state index contributed by atoms with van der Waals surface area (Å²) in [7, 11) is 1.30. The molecule has 5 rings (SSSR count). The molecule has 9 nitrogen and oxygen atoms in total. The summed E-state index contributed by atoms with van der Waals surface area (Å²) in [6.45, 7) is 6.80. The van der Waals surface area contributed by atoms with Crippen LogP contribution in [0.15, 0.2) is 54.7 Å². The van der Waals surface area contributed by atoms with Gasteiger partial charge in [0.1, 0.15) is 11.9 Å². The summed E-state index contributed by atoms with van der Waals surface area (Å²) in [5.41, 5.74) is 5.47. The lowest BCUT2D eigenvalue weighted by molar-refractivity contribution is -0.135. The number of nitrogens with zero attached hydrogens (tertiary/aromatic N) is 2. The van der Waals surface area contributed by atoms with Crippen molar-refractivity contribution in [2.24, 2.45) is 5.92 Å². The summed E-state index contributed by atoms with van der Waals surface area (Å²) in [4.78, 5) is 35.1. The highest BCUT2D eigenvalue weighted by Crippen LogP contribution is 2.33. The van der Waals surface area contributed by atoms with Gasteiger partial charge in [-0.25, -0.2) is 9.78 Å². The molecule has 3 atom stereocenters. The van der Waals surface area contributed by atoms with E-state index in [9.17, 15) is 9.59 Å². The molecule has 0 saturated carbocycles. The molecule has 3 N–H and O–H groups in total. The van der Waals surface area contributed by atoms with Crippen LogP contribution in [-0.4, -0.2) is 66.3 Å². The molecule has 2 aliphatic rings. The number of alkyl carbamates (subject to hydrolysis) is 1. The summed E-state index contributed by atoms with van der Waals surface area (Å²) in [5, 5.41) is 6.19. The number of hydrogen-bond acceptors (Lipinski definition) is 6. The number of aromatic nitrogens is 2. The van der Waals surface area contributed by atoms with Gasteiger partial charge in [0, 0.05) is 13.1 Å². The number of benzene rings is 2. The van der Waals surface area contributed by atoms with Crippen LogP contribution >= 0.6 is 0 Å². The van der Waals surface area contributed by atoms with Crippen molar-refractivity contribution < 1.29 is 19.1 Å². The lowest BCUT2D eigenvalue weighted by Gasteiger charge is -2.30. The Hall–Kier alpha value is -3.69. The lowest BCUT2D eigenvalue weighted by atomic mass is 9.99. The Morgan fingerprint density at radius 3 is 2.41 bits per heavy atom. The molecular weight excluding hydrogens is 494 g/mol. The molecule has 0 spiro atoms. The van der Waals surface area contributed by atoms with E-state index in [0.29, 0.717) is 13.2 Å². The third-order valence-electron chi connectivity index (χ3n) is 7.60. The van der Waals surface area contributed by atoms with Crippen molar-refractivity contribution in [3.05, 3.63) is 66.1 Å². The Balaban J connectivity index is 1.27. The van der Waals surface area contributed by atoms with E-state index in [1.807, 2.05) is 24.9 Å². The molecule has 1 unspecified atom stereocenters. The Bertz CT molecular complexity index is 1270. The first-order chi connectivity index (χ1) is 18.9. The summed E-state index contributed by atoms with van der Waals surface area (Å²) in [6.07, 6.45) is 2.92. The molecule has 3 aromatic rings. The molecule has 2 aliphatic heterocycles. The Morgan fingerprint density at radius 2 is 1.77 bits per heavy atom. The second-order valence-corrected chi connectivity index (χ2v) is 10.5. The average molecular weight is 532 g/mol. The number of imidazole rings is 1. The highest BCUT2D eigenvalue weighted by Gasteiger charge is 2.37. The zero-order valence-corrected chi connectivity index (χ0v) is 22.8.